The first kappa shape index (κ1) is 13.6. The lowest BCUT2D eigenvalue weighted by Gasteiger charge is -2.27. The zero-order chi connectivity index (χ0) is 12.4. The molecule has 94 valence electrons. The van der Waals surface area contributed by atoms with Crippen LogP contribution in [-0.2, 0) is 14.6 Å². The van der Waals surface area contributed by atoms with Crippen molar-refractivity contribution < 1.29 is 13.2 Å². The Morgan fingerprint density at radius 1 is 1.19 bits per heavy atom. The lowest BCUT2D eigenvalue weighted by molar-refractivity contribution is -0.121. The molecule has 0 aliphatic carbocycles. The Bertz CT molecular complexity index is 344. The highest BCUT2D eigenvalue weighted by Gasteiger charge is 2.29. The lowest BCUT2D eigenvalue weighted by atomic mass is 10.1. The Morgan fingerprint density at radius 3 is 2.12 bits per heavy atom. The number of hydrogen-bond acceptors (Lipinski definition) is 4. The standard InChI is InChI=1S/C11H21NO3S/c1-11(2,3)16(14,15)9-8-12-6-4-10(13)5-7-12/h4-9H2,1-3H3. The predicted octanol–water partition coefficient (Wildman–Crippen LogP) is 0.865. The van der Waals surface area contributed by atoms with Crippen molar-refractivity contribution in [1.29, 1.82) is 0 Å². The van der Waals surface area contributed by atoms with E-state index in [1.165, 1.54) is 0 Å². The minimum atomic E-state index is -3.04. The number of piperidine rings is 1. The van der Waals surface area contributed by atoms with Gasteiger partial charge in [-0.15, -0.1) is 0 Å². The van der Waals surface area contributed by atoms with Crippen LogP contribution in [0.3, 0.4) is 0 Å². The Balaban J connectivity index is 2.44. The third kappa shape index (κ3) is 3.56. The molecular weight excluding hydrogens is 226 g/mol. The number of hydrogen-bond donors (Lipinski definition) is 0. The first-order chi connectivity index (χ1) is 7.22. The lowest BCUT2D eigenvalue weighted by Crippen LogP contribution is -2.40. The quantitative estimate of drug-likeness (QED) is 0.742. The fraction of sp³-hybridized carbons (Fsp3) is 0.909. The summed E-state index contributed by atoms with van der Waals surface area (Å²) in [6.07, 6.45) is 1.13. The number of sulfone groups is 1. The number of nitrogens with zero attached hydrogens (tertiary/aromatic N) is 1. The Morgan fingerprint density at radius 2 is 1.69 bits per heavy atom. The number of likely N-dealkylation sites (tertiary alicyclic amines) is 1. The summed E-state index contributed by atoms with van der Waals surface area (Å²) in [5.41, 5.74) is 0. The normalized spacial score (nSPS) is 20.1. The summed E-state index contributed by atoms with van der Waals surface area (Å²) < 4.78 is 23.0. The van der Waals surface area contributed by atoms with Crippen LogP contribution >= 0.6 is 0 Å². The van der Waals surface area contributed by atoms with E-state index in [1.807, 2.05) is 0 Å². The van der Waals surface area contributed by atoms with Gasteiger partial charge in [0.1, 0.15) is 5.78 Å². The Hall–Kier alpha value is -0.420. The second kappa shape index (κ2) is 4.84. The van der Waals surface area contributed by atoms with Crippen molar-refractivity contribution in [3.05, 3.63) is 0 Å². The van der Waals surface area contributed by atoms with E-state index in [0.29, 0.717) is 32.5 Å². The van der Waals surface area contributed by atoms with Crippen LogP contribution in [0.15, 0.2) is 0 Å². The van der Waals surface area contributed by atoms with Crippen molar-refractivity contribution in [3.8, 4) is 0 Å². The molecule has 0 atom stereocenters. The monoisotopic (exact) mass is 247 g/mol. The van der Waals surface area contributed by atoms with Crippen LogP contribution in [0.4, 0.5) is 0 Å². The molecule has 0 N–H and O–H groups in total. The van der Waals surface area contributed by atoms with E-state index in [2.05, 4.69) is 4.90 Å². The Kier molecular flexibility index (Phi) is 4.12. The van der Waals surface area contributed by atoms with Crippen molar-refractivity contribution in [2.45, 2.75) is 38.4 Å². The van der Waals surface area contributed by atoms with Gasteiger partial charge >= 0.3 is 0 Å². The maximum absolute atomic E-state index is 11.9. The number of Topliss-reactive ketones (excluding diaryl/α,β-unsaturated/α-hetero) is 1. The zero-order valence-electron chi connectivity index (χ0n) is 10.3. The van der Waals surface area contributed by atoms with Crippen LogP contribution in [-0.4, -0.2) is 49.2 Å². The van der Waals surface area contributed by atoms with Crippen molar-refractivity contribution in [1.82, 2.24) is 4.90 Å². The van der Waals surface area contributed by atoms with E-state index >= 15 is 0 Å². The highest BCUT2D eigenvalue weighted by Crippen LogP contribution is 2.16. The molecule has 0 aromatic rings. The first-order valence-corrected chi connectivity index (χ1v) is 7.34. The van der Waals surface area contributed by atoms with E-state index in [1.54, 1.807) is 20.8 Å². The molecule has 0 radical (unpaired) electrons. The summed E-state index contributed by atoms with van der Waals surface area (Å²) in [6, 6.07) is 0. The number of rotatable bonds is 3. The van der Waals surface area contributed by atoms with Gasteiger partial charge in [0.15, 0.2) is 9.84 Å². The molecule has 1 aliphatic rings. The molecular formula is C11H21NO3S. The van der Waals surface area contributed by atoms with Crippen molar-refractivity contribution in [2.75, 3.05) is 25.4 Å². The third-order valence-corrected chi connectivity index (χ3v) is 5.61. The molecule has 0 aromatic carbocycles. The fourth-order valence-corrected chi connectivity index (χ4v) is 2.69. The molecule has 16 heavy (non-hydrogen) atoms. The molecule has 0 bridgehead atoms. The maximum Gasteiger partial charge on any atom is 0.156 e. The molecule has 0 saturated carbocycles. The molecule has 1 heterocycles. The zero-order valence-corrected chi connectivity index (χ0v) is 11.1. The summed E-state index contributed by atoms with van der Waals surface area (Å²) in [6.45, 7) is 7.13. The number of carbonyl (C=O) groups excluding carboxylic acids is 1. The van der Waals surface area contributed by atoms with Gasteiger partial charge in [-0.2, -0.15) is 0 Å². The molecule has 4 nitrogen and oxygen atoms in total. The topological polar surface area (TPSA) is 54.5 Å². The van der Waals surface area contributed by atoms with Crippen LogP contribution in [0, 0.1) is 0 Å². The summed E-state index contributed by atoms with van der Waals surface area (Å²) in [4.78, 5) is 13.1. The maximum atomic E-state index is 11.9. The van der Waals surface area contributed by atoms with Gasteiger partial charge in [0.05, 0.1) is 10.5 Å². The van der Waals surface area contributed by atoms with Crippen LogP contribution < -0.4 is 0 Å². The van der Waals surface area contributed by atoms with Gasteiger partial charge in [-0.25, -0.2) is 8.42 Å². The van der Waals surface area contributed by atoms with Gasteiger partial charge in [-0.3, -0.25) is 4.79 Å². The fourth-order valence-electron chi connectivity index (χ4n) is 1.58. The summed E-state index contributed by atoms with van der Waals surface area (Å²) in [7, 11) is -3.04. The highest BCUT2D eigenvalue weighted by atomic mass is 32.2. The van der Waals surface area contributed by atoms with Gasteiger partial charge in [0.2, 0.25) is 0 Å². The number of ketones is 1. The van der Waals surface area contributed by atoms with Crippen LogP contribution in [0.5, 0.6) is 0 Å². The molecule has 1 saturated heterocycles. The third-order valence-electron chi connectivity index (χ3n) is 3.02. The van der Waals surface area contributed by atoms with E-state index in [4.69, 9.17) is 0 Å². The first-order valence-electron chi connectivity index (χ1n) is 5.69. The molecule has 0 amide bonds. The van der Waals surface area contributed by atoms with Crippen molar-refractivity contribution in [2.24, 2.45) is 0 Å². The predicted molar refractivity (Wildman–Crippen MR) is 64.2 cm³/mol. The van der Waals surface area contributed by atoms with Crippen molar-refractivity contribution >= 4 is 15.6 Å². The van der Waals surface area contributed by atoms with E-state index in [-0.39, 0.29) is 11.5 Å². The molecule has 0 aromatic heterocycles. The smallest absolute Gasteiger partial charge is 0.156 e. The van der Waals surface area contributed by atoms with E-state index in [0.717, 1.165) is 0 Å². The van der Waals surface area contributed by atoms with Crippen LogP contribution in [0.2, 0.25) is 0 Å². The molecule has 1 fully saturated rings. The Labute approximate surface area is 97.9 Å². The van der Waals surface area contributed by atoms with Crippen LogP contribution in [0.1, 0.15) is 33.6 Å². The van der Waals surface area contributed by atoms with Crippen molar-refractivity contribution in [3.63, 3.8) is 0 Å². The average Bonchev–Trinajstić information content (AvgIpc) is 2.15. The molecule has 1 aliphatic heterocycles. The summed E-state index contributed by atoms with van der Waals surface area (Å²) in [5, 5.41) is 0. The van der Waals surface area contributed by atoms with Crippen LogP contribution in [0.25, 0.3) is 0 Å². The minimum Gasteiger partial charge on any atom is -0.301 e. The van der Waals surface area contributed by atoms with Gasteiger partial charge < -0.3 is 4.90 Å². The van der Waals surface area contributed by atoms with Gasteiger partial charge in [-0.05, 0) is 20.8 Å². The largest absolute Gasteiger partial charge is 0.301 e. The van der Waals surface area contributed by atoms with E-state index in [9.17, 15) is 13.2 Å². The van der Waals surface area contributed by atoms with Gasteiger partial charge in [0, 0.05) is 32.5 Å². The summed E-state index contributed by atoms with van der Waals surface area (Å²) >= 11 is 0. The highest BCUT2D eigenvalue weighted by molar-refractivity contribution is 7.92. The number of carbonyl (C=O) groups is 1. The second-order valence-corrected chi connectivity index (χ2v) is 8.17. The summed E-state index contributed by atoms with van der Waals surface area (Å²) in [5.74, 6) is 0.472. The molecule has 1 rings (SSSR count). The SMILES string of the molecule is CC(C)(C)S(=O)(=O)CCN1CCC(=O)CC1. The average molecular weight is 247 g/mol. The second-order valence-electron chi connectivity index (χ2n) is 5.31. The van der Waals surface area contributed by atoms with Gasteiger partial charge in [-0.1, -0.05) is 0 Å². The molecule has 0 unspecified atom stereocenters. The molecule has 5 heteroatoms. The van der Waals surface area contributed by atoms with Gasteiger partial charge in [0.25, 0.3) is 0 Å². The minimum absolute atomic E-state index is 0.185. The molecule has 0 spiro atoms. The van der Waals surface area contributed by atoms with E-state index < -0.39 is 14.6 Å².